The average molecular weight is 407 g/mol. The molecule has 2 rings (SSSR count). The summed E-state index contributed by atoms with van der Waals surface area (Å²) in [4.78, 5) is 23.4. The average Bonchev–Trinajstić information content (AvgIpc) is 2.68. The quantitative estimate of drug-likeness (QED) is 0.703. The van der Waals surface area contributed by atoms with Crippen LogP contribution >= 0.6 is 0 Å². The van der Waals surface area contributed by atoms with Gasteiger partial charge in [0.05, 0.1) is 19.8 Å². The highest BCUT2D eigenvalue weighted by Crippen LogP contribution is 2.27. The Labute approximate surface area is 163 Å². The molecule has 0 saturated heterocycles. The number of anilines is 1. The van der Waals surface area contributed by atoms with Crippen molar-refractivity contribution in [2.45, 2.75) is 24.8 Å². The highest BCUT2D eigenvalue weighted by atomic mass is 32.2. The molecule has 28 heavy (non-hydrogen) atoms. The van der Waals surface area contributed by atoms with Gasteiger partial charge in [-0.2, -0.15) is 0 Å². The lowest BCUT2D eigenvalue weighted by Crippen LogP contribution is -2.25. The van der Waals surface area contributed by atoms with E-state index in [9.17, 15) is 18.0 Å². The first-order chi connectivity index (χ1) is 13.2. The first-order valence-electron chi connectivity index (χ1n) is 8.24. The summed E-state index contributed by atoms with van der Waals surface area (Å²) < 4.78 is 42.6. The number of rotatable bonds is 7. The molecule has 0 saturated carbocycles. The Bertz CT molecular complexity index is 968. The first kappa shape index (κ1) is 21.2. The summed E-state index contributed by atoms with van der Waals surface area (Å²) >= 11 is 0. The summed E-state index contributed by atoms with van der Waals surface area (Å²) in [5, 5.41) is 0. The number of benzene rings is 2. The van der Waals surface area contributed by atoms with Gasteiger partial charge in [-0.3, -0.25) is 4.72 Å². The molecule has 0 amide bonds. The van der Waals surface area contributed by atoms with Crippen LogP contribution in [0.3, 0.4) is 0 Å². The Kier molecular flexibility index (Phi) is 6.63. The van der Waals surface area contributed by atoms with Crippen molar-refractivity contribution in [2.24, 2.45) is 0 Å². The minimum atomic E-state index is -4.05. The van der Waals surface area contributed by atoms with Crippen LogP contribution in [0.25, 0.3) is 0 Å². The Balaban J connectivity index is 2.34. The number of hydrogen-bond acceptors (Lipinski definition) is 7. The van der Waals surface area contributed by atoms with Crippen molar-refractivity contribution < 1.29 is 32.2 Å². The van der Waals surface area contributed by atoms with Crippen molar-refractivity contribution in [3.8, 4) is 5.75 Å². The molecular formula is C19H21NO7S. The van der Waals surface area contributed by atoms with Crippen LogP contribution in [-0.2, 0) is 24.3 Å². The summed E-state index contributed by atoms with van der Waals surface area (Å²) in [6.45, 7) is 3.23. The molecular weight excluding hydrogens is 386 g/mol. The van der Waals surface area contributed by atoms with E-state index in [1.807, 2.05) is 6.92 Å². The molecule has 1 atom stereocenters. The summed E-state index contributed by atoms with van der Waals surface area (Å²) in [7, 11) is -1.56. The number of nitrogens with one attached hydrogen (secondary N) is 1. The van der Waals surface area contributed by atoms with E-state index in [-0.39, 0.29) is 16.2 Å². The van der Waals surface area contributed by atoms with Crippen LogP contribution < -0.4 is 9.46 Å². The number of carbonyl (C=O) groups is 2. The normalized spacial score (nSPS) is 12.0. The van der Waals surface area contributed by atoms with E-state index >= 15 is 0 Å². The molecule has 0 aliphatic heterocycles. The van der Waals surface area contributed by atoms with Gasteiger partial charge in [0, 0.05) is 5.69 Å². The van der Waals surface area contributed by atoms with Crippen molar-refractivity contribution >= 4 is 27.6 Å². The van der Waals surface area contributed by atoms with Crippen LogP contribution in [-0.4, -0.2) is 40.7 Å². The van der Waals surface area contributed by atoms with Gasteiger partial charge in [-0.05, 0) is 44.2 Å². The van der Waals surface area contributed by atoms with Gasteiger partial charge in [-0.15, -0.1) is 0 Å². The lowest BCUT2D eigenvalue weighted by atomic mass is 10.2. The molecule has 150 valence electrons. The third kappa shape index (κ3) is 5.01. The van der Waals surface area contributed by atoms with E-state index in [4.69, 9.17) is 9.47 Å². The van der Waals surface area contributed by atoms with Gasteiger partial charge in [0.1, 0.15) is 10.6 Å². The van der Waals surface area contributed by atoms with Crippen LogP contribution in [0, 0.1) is 6.92 Å². The molecule has 0 spiro atoms. The van der Waals surface area contributed by atoms with E-state index < -0.39 is 28.1 Å². The van der Waals surface area contributed by atoms with E-state index in [0.29, 0.717) is 5.69 Å². The molecule has 0 bridgehead atoms. The van der Waals surface area contributed by atoms with Gasteiger partial charge < -0.3 is 14.2 Å². The lowest BCUT2D eigenvalue weighted by molar-refractivity contribution is -0.149. The second kappa shape index (κ2) is 8.75. The Morgan fingerprint density at radius 2 is 1.68 bits per heavy atom. The number of hydrogen-bond donors (Lipinski definition) is 1. The molecule has 0 unspecified atom stereocenters. The standard InChI is InChI=1S/C19H21NO7S/c1-12-5-8-15(9-6-12)20-28(23,24)17-11-14(7-10-16(17)25-3)19(22)27-13(2)18(21)26-4/h5-11,13,20H,1-4H3/t13-/m1/s1. The van der Waals surface area contributed by atoms with Crippen LogP contribution in [0.4, 0.5) is 5.69 Å². The second-order valence-corrected chi connectivity index (χ2v) is 7.56. The van der Waals surface area contributed by atoms with Gasteiger partial charge >= 0.3 is 11.9 Å². The number of carbonyl (C=O) groups excluding carboxylic acids is 2. The Hall–Kier alpha value is -3.07. The summed E-state index contributed by atoms with van der Waals surface area (Å²) in [5.74, 6) is -1.54. The zero-order valence-electron chi connectivity index (χ0n) is 15.9. The highest BCUT2D eigenvalue weighted by Gasteiger charge is 2.24. The van der Waals surface area contributed by atoms with Gasteiger partial charge in [0.15, 0.2) is 6.10 Å². The minimum absolute atomic E-state index is 0.0529. The predicted octanol–water partition coefficient (Wildman–Crippen LogP) is 2.52. The molecule has 0 fully saturated rings. The summed E-state index contributed by atoms with van der Waals surface area (Å²) in [6.07, 6.45) is -1.13. The fourth-order valence-corrected chi connectivity index (χ4v) is 3.54. The van der Waals surface area contributed by atoms with Crippen LogP contribution in [0.15, 0.2) is 47.4 Å². The fourth-order valence-electron chi connectivity index (χ4n) is 2.29. The molecule has 0 aromatic heterocycles. The molecule has 0 heterocycles. The molecule has 1 N–H and O–H groups in total. The molecule has 2 aromatic carbocycles. The smallest absolute Gasteiger partial charge is 0.346 e. The molecule has 0 aliphatic carbocycles. The maximum Gasteiger partial charge on any atom is 0.346 e. The molecule has 8 nitrogen and oxygen atoms in total. The number of esters is 2. The topological polar surface area (TPSA) is 108 Å². The van der Waals surface area contributed by atoms with Crippen molar-refractivity contribution in [1.82, 2.24) is 0 Å². The van der Waals surface area contributed by atoms with Crippen LogP contribution in [0.5, 0.6) is 5.75 Å². The SMILES string of the molecule is COC(=O)[C@@H](C)OC(=O)c1ccc(OC)c(S(=O)(=O)Nc2ccc(C)cc2)c1. The number of methoxy groups -OCH3 is 2. The number of sulfonamides is 1. The minimum Gasteiger partial charge on any atom is -0.495 e. The van der Waals surface area contributed by atoms with Gasteiger partial charge in [0.25, 0.3) is 10.0 Å². The van der Waals surface area contributed by atoms with Crippen molar-refractivity contribution in [3.05, 3.63) is 53.6 Å². The number of ether oxygens (including phenoxy) is 3. The largest absolute Gasteiger partial charge is 0.495 e. The van der Waals surface area contributed by atoms with E-state index in [1.54, 1.807) is 24.3 Å². The predicted molar refractivity (Wildman–Crippen MR) is 102 cm³/mol. The second-order valence-electron chi connectivity index (χ2n) is 5.91. The monoisotopic (exact) mass is 407 g/mol. The van der Waals surface area contributed by atoms with Gasteiger partial charge in [-0.1, -0.05) is 17.7 Å². The molecule has 2 aromatic rings. The van der Waals surface area contributed by atoms with E-state index in [1.165, 1.54) is 33.3 Å². The molecule has 0 aliphatic rings. The third-order valence-electron chi connectivity index (χ3n) is 3.81. The maximum absolute atomic E-state index is 12.8. The van der Waals surface area contributed by atoms with Crippen molar-refractivity contribution in [1.29, 1.82) is 0 Å². The van der Waals surface area contributed by atoms with E-state index in [2.05, 4.69) is 9.46 Å². The first-order valence-corrected chi connectivity index (χ1v) is 9.72. The Morgan fingerprint density at radius 1 is 1.04 bits per heavy atom. The molecule has 9 heteroatoms. The van der Waals surface area contributed by atoms with Crippen LogP contribution in [0.1, 0.15) is 22.8 Å². The highest BCUT2D eigenvalue weighted by molar-refractivity contribution is 7.92. The zero-order valence-corrected chi connectivity index (χ0v) is 16.7. The fraction of sp³-hybridized carbons (Fsp3) is 0.263. The Morgan fingerprint density at radius 3 is 2.25 bits per heavy atom. The number of aryl methyl sites for hydroxylation is 1. The lowest BCUT2D eigenvalue weighted by Gasteiger charge is -2.14. The third-order valence-corrected chi connectivity index (χ3v) is 5.21. The zero-order chi connectivity index (χ0) is 20.9. The van der Waals surface area contributed by atoms with Gasteiger partial charge in [-0.25, -0.2) is 18.0 Å². The van der Waals surface area contributed by atoms with Gasteiger partial charge in [0.2, 0.25) is 0 Å². The van der Waals surface area contributed by atoms with Crippen molar-refractivity contribution in [2.75, 3.05) is 18.9 Å². The molecule has 0 radical (unpaired) electrons. The van der Waals surface area contributed by atoms with E-state index in [0.717, 1.165) is 11.6 Å². The summed E-state index contributed by atoms with van der Waals surface area (Å²) in [6, 6.07) is 10.6. The maximum atomic E-state index is 12.8. The summed E-state index contributed by atoms with van der Waals surface area (Å²) in [5.41, 5.74) is 1.28. The van der Waals surface area contributed by atoms with Crippen molar-refractivity contribution in [3.63, 3.8) is 0 Å². The van der Waals surface area contributed by atoms with Crippen LogP contribution in [0.2, 0.25) is 0 Å².